The van der Waals surface area contributed by atoms with Gasteiger partial charge in [-0.25, -0.2) is 0 Å². The van der Waals surface area contributed by atoms with Crippen LogP contribution in [0.15, 0.2) is 24.3 Å². The average Bonchev–Trinajstić information content (AvgIpc) is 2.04. The summed E-state index contributed by atoms with van der Waals surface area (Å²) in [5.74, 6) is 0. The first-order valence-corrected chi connectivity index (χ1v) is 4.21. The van der Waals surface area contributed by atoms with Gasteiger partial charge in [0.2, 0.25) is 0 Å². The summed E-state index contributed by atoms with van der Waals surface area (Å²) in [6.07, 6.45) is 5.25. The number of benzene rings is 1. The van der Waals surface area contributed by atoms with Crippen LogP contribution in [0.1, 0.15) is 6.42 Å². The lowest BCUT2D eigenvalue weighted by Crippen LogP contribution is -2.28. The Balaban J connectivity index is 2.73. The van der Waals surface area contributed by atoms with E-state index in [1.807, 2.05) is 6.07 Å². The summed E-state index contributed by atoms with van der Waals surface area (Å²) in [7, 11) is 0. The van der Waals surface area contributed by atoms with Crippen molar-refractivity contribution in [2.45, 2.75) is 11.8 Å². The number of hydrogen-bond acceptors (Lipinski definition) is 0. The van der Waals surface area contributed by atoms with Gasteiger partial charge < -0.3 is 0 Å². The molecule has 1 aromatic carbocycles. The molecular formula is C10H9Cl. The summed E-state index contributed by atoms with van der Waals surface area (Å²) in [5, 5.41) is 2.76. The normalized spacial score (nSPS) is 21.4. The molecule has 1 aliphatic rings. The first-order chi connectivity index (χ1) is 5.36. The van der Waals surface area contributed by atoms with Crippen molar-refractivity contribution in [3.05, 3.63) is 34.7 Å². The highest BCUT2D eigenvalue weighted by atomic mass is 35.5. The van der Waals surface area contributed by atoms with Crippen molar-refractivity contribution in [2.75, 3.05) is 0 Å². The van der Waals surface area contributed by atoms with Crippen molar-refractivity contribution in [3.8, 4) is 0 Å². The summed E-state index contributed by atoms with van der Waals surface area (Å²) >= 11 is 5.96. The van der Waals surface area contributed by atoms with Crippen LogP contribution < -0.4 is 10.4 Å². The first-order valence-electron chi connectivity index (χ1n) is 3.77. The molecule has 56 valence electrons. The molecule has 1 unspecified atom stereocenters. The summed E-state index contributed by atoms with van der Waals surface area (Å²) in [6, 6.07) is 8.31. The van der Waals surface area contributed by atoms with Crippen LogP contribution in [0.5, 0.6) is 0 Å². The molecule has 0 radical (unpaired) electrons. The summed E-state index contributed by atoms with van der Waals surface area (Å²) in [5.41, 5.74) is 0. The predicted molar refractivity (Wildman–Crippen MR) is 48.9 cm³/mol. The summed E-state index contributed by atoms with van der Waals surface area (Å²) in [4.78, 5) is 0. The van der Waals surface area contributed by atoms with E-state index in [-0.39, 0.29) is 5.38 Å². The minimum atomic E-state index is 0.185. The fourth-order valence-corrected chi connectivity index (χ4v) is 1.58. The lowest BCUT2D eigenvalue weighted by atomic mass is 10.1. The van der Waals surface area contributed by atoms with E-state index in [4.69, 9.17) is 11.6 Å². The molecule has 0 fully saturated rings. The molecule has 0 nitrogen and oxygen atoms in total. The standard InChI is InChI=1S/C10H9Cl/c11-10-6-5-8-3-1-2-4-9(8)7-10/h1-5,7,10H,6H2. The fraction of sp³-hybridized carbons (Fsp3) is 0.200. The third-order valence-electron chi connectivity index (χ3n) is 1.92. The van der Waals surface area contributed by atoms with Gasteiger partial charge in [0, 0.05) is 0 Å². The second-order valence-electron chi connectivity index (χ2n) is 2.75. The molecule has 1 aromatic rings. The third-order valence-corrected chi connectivity index (χ3v) is 2.22. The van der Waals surface area contributed by atoms with Crippen LogP contribution in [-0.4, -0.2) is 5.38 Å². The van der Waals surface area contributed by atoms with Crippen LogP contribution >= 0.6 is 11.6 Å². The van der Waals surface area contributed by atoms with Gasteiger partial charge in [0.15, 0.2) is 0 Å². The molecule has 0 aliphatic heterocycles. The molecule has 0 N–H and O–H groups in total. The van der Waals surface area contributed by atoms with E-state index in [9.17, 15) is 0 Å². The second kappa shape index (κ2) is 2.71. The van der Waals surface area contributed by atoms with Gasteiger partial charge >= 0.3 is 0 Å². The minimum Gasteiger partial charge on any atom is -0.118 e. The Bertz CT molecular complexity index is 365. The van der Waals surface area contributed by atoms with Crippen LogP contribution in [0.3, 0.4) is 0 Å². The lowest BCUT2D eigenvalue weighted by Gasteiger charge is -2.04. The van der Waals surface area contributed by atoms with Crippen molar-refractivity contribution >= 4 is 23.8 Å². The van der Waals surface area contributed by atoms with Crippen LogP contribution in [-0.2, 0) is 0 Å². The Morgan fingerprint density at radius 2 is 1.91 bits per heavy atom. The van der Waals surface area contributed by atoms with Crippen molar-refractivity contribution in [1.82, 2.24) is 0 Å². The lowest BCUT2D eigenvalue weighted by molar-refractivity contribution is 1.12. The molecule has 11 heavy (non-hydrogen) atoms. The Hall–Kier alpha value is -0.750. The summed E-state index contributed by atoms with van der Waals surface area (Å²) in [6.45, 7) is 0. The van der Waals surface area contributed by atoms with E-state index in [1.165, 1.54) is 10.4 Å². The zero-order valence-corrected chi connectivity index (χ0v) is 6.88. The zero-order chi connectivity index (χ0) is 7.68. The molecule has 0 heterocycles. The highest BCUT2D eigenvalue weighted by Gasteiger charge is 2.01. The van der Waals surface area contributed by atoms with Gasteiger partial charge in [-0.05, 0) is 16.9 Å². The number of rotatable bonds is 0. The van der Waals surface area contributed by atoms with Crippen molar-refractivity contribution < 1.29 is 0 Å². The van der Waals surface area contributed by atoms with Gasteiger partial charge in [-0.1, -0.05) is 36.4 Å². The topological polar surface area (TPSA) is 0 Å². The Morgan fingerprint density at radius 1 is 1.18 bits per heavy atom. The molecule has 0 spiro atoms. The van der Waals surface area contributed by atoms with Crippen LogP contribution in [0.25, 0.3) is 12.2 Å². The number of halogens is 1. The average molecular weight is 165 g/mol. The molecule has 0 saturated carbocycles. The molecule has 1 atom stereocenters. The van der Waals surface area contributed by atoms with Gasteiger partial charge in [-0.15, -0.1) is 11.6 Å². The predicted octanol–water partition coefficient (Wildman–Crippen LogP) is 1.26. The number of alkyl halides is 1. The minimum absolute atomic E-state index is 0.185. The van der Waals surface area contributed by atoms with Gasteiger partial charge in [0.05, 0.1) is 5.38 Å². The Kier molecular flexibility index (Phi) is 1.71. The second-order valence-corrected chi connectivity index (χ2v) is 3.31. The van der Waals surface area contributed by atoms with Gasteiger partial charge in [-0.2, -0.15) is 0 Å². The van der Waals surface area contributed by atoms with Gasteiger partial charge in [0.1, 0.15) is 0 Å². The van der Waals surface area contributed by atoms with Crippen molar-refractivity contribution in [1.29, 1.82) is 0 Å². The first kappa shape index (κ1) is 6.93. The fourth-order valence-electron chi connectivity index (χ4n) is 1.35. The Labute approximate surface area is 70.8 Å². The maximum atomic E-state index is 5.96. The quantitative estimate of drug-likeness (QED) is 0.507. The SMILES string of the molecule is ClC1C=c2ccccc2=CC1. The van der Waals surface area contributed by atoms with Crippen LogP contribution in [0, 0.1) is 0 Å². The van der Waals surface area contributed by atoms with E-state index in [2.05, 4.69) is 30.4 Å². The maximum absolute atomic E-state index is 5.96. The smallest absolute Gasteiger partial charge is 0.0559 e. The number of fused-ring (bicyclic) bond motifs is 1. The van der Waals surface area contributed by atoms with E-state index in [0.717, 1.165) is 6.42 Å². The van der Waals surface area contributed by atoms with E-state index in [0.29, 0.717) is 0 Å². The van der Waals surface area contributed by atoms with Crippen molar-refractivity contribution in [2.24, 2.45) is 0 Å². The molecule has 1 aliphatic carbocycles. The van der Waals surface area contributed by atoms with E-state index >= 15 is 0 Å². The molecule has 1 heteroatoms. The van der Waals surface area contributed by atoms with Crippen LogP contribution in [0.4, 0.5) is 0 Å². The Morgan fingerprint density at radius 3 is 2.73 bits per heavy atom. The largest absolute Gasteiger partial charge is 0.118 e. The number of hydrogen-bond donors (Lipinski definition) is 0. The molecule has 2 rings (SSSR count). The summed E-state index contributed by atoms with van der Waals surface area (Å²) < 4.78 is 0. The van der Waals surface area contributed by atoms with Crippen LogP contribution in [0.2, 0.25) is 0 Å². The maximum Gasteiger partial charge on any atom is 0.0559 e. The van der Waals surface area contributed by atoms with Crippen molar-refractivity contribution in [3.63, 3.8) is 0 Å². The third kappa shape index (κ3) is 1.31. The molecule has 0 bridgehead atoms. The highest BCUT2D eigenvalue weighted by molar-refractivity contribution is 6.24. The van der Waals surface area contributed by atoms with E-state index < -0.39 is 0 Å². The monoisotopic (exact) mass is 164 g/mol. The van der Waals surface area contributed by atoms with Gasteiger partial charge in [0.25, 0.3) is 0 Å². The van der Waals surface area contributed by atoms with E-state index in [1.54, 1.807) is 0 Å². The molecule has 0 saturated heterocycles. The molecule has 0 amide bonds. The zero-order valence-electron chi connectivity index (χ0n) is 6.13. The molecule has 0 aromatic heterocycles. The molecular weight excluding hydrogens is 156 g/mol. The van der Waals surface area contributed by atoms with Gasteiger partial charge in [-0.3, -0.25) is 0 Å². The highest BCUT2D eigenvalue weighted by Crippen LogP contribution is 2.05.